The molecule has 0 unspecified atom stereocenters. The van der Waals surface area contributed by atoms with Gasteiger partial charge in [-0.05, 0) is 36.5 Å². The molecule has 3 rings (SSSR count). The smallest absolute Gasteiger partial charge is 0.323 e. The monoisotopic (exact) mass is 369 g/mol. The van der Waals surface area contributed by atoms with Gasteiger partial charge in [-0.2, -0.15) is 0 Å². The number of aromatic nitrogens is 2. The maximum atomic E-state index is 11.8. The summed E-state index contributed by atoms with van der Waals surface area (Å²) >= 11 is 11.1. The van der Waals surface area contributed by atoms with Crippen molar-refractivity contribution in [1.82, 2.24) is 14.7 Å². The Morgan fingerprint density at radius 2 is 2.21 bits per heavy atom. The van der Waals surface area contributed by atoms with Gasteiger partial charge in [-0.3, -0.25) is 9.69 Å². The van der Waals surface area contributed by atoms with Crippen LogP contribution < -0.4 is 0 Å². The summed E-state index contributed by atoms with van der Waals surface area (Å²) in [6, 6.07) is 6.51. The summed E-state index contributed by atoms with van der Waals surface area (Å²) in [6.45, 7) is 0.567. The predicted molar refractivity (Wildman–Crippen MR) is 88.9 cm³/mol. The Labute approximate surface area is 148 Å². The molecule has 0 bridgehead atoms. The van der Waals surface area contributed by atoms with E-state index in [1.807, 2.05) is 0 Å². The van der Waals surface area contributed by atoms with Crippen molar-refractivity contribution in [1.29, 1.82) is 0 Å². The number of carbonyl (C=O) groups is 1. The average molecular weight is 370 g/mol. The molecule has 1 aliphatic heterocycles. The standard InChI is InChI=1S/C15H16ClN3O4S/c1-22-14(21)12-6-11(20)7-18(12)8-19-15(24)23-13(17-19)9-2-4-10(16)5-3-9/h2-5,11-12,20H,6-8H2,1H3/t11-,12-/m0/s1. The van der Waals surface area contributed by atoms with E-state index in [0.717, 1.165) is 5.56 Å². The molecule has 0 amide bonds. The van der Waals surface area contributed by atoms with Gasteiger partial charge in [0.2, 0.25) is 5.89 Å². The van der Waals surface area contributed by atoms with Crippen LogP contribution >= 0.6 is 23.8 Å². The summed E-state index contributed by atoms with van der Waals surface area (Å²) in [5.74, 6) is -0.0227. The third-order valence-electron chi connectivity index (χ3n) is 3.87. The minimum atomic E-state index is -0.592. The summed E-state index contributed by atoms with van der Waals surface area (Å²) in [7, 11) is 1.33. The third-order valence-corrected chi connectivity index (χ3v) is 4.41. The lowest BCUT2D eigenvalue weighted by molar-refractivity contribution is -0.146. The van der Waals surface area contributed by atoms with E-state index in [9.17, 15) is 9.90 Å². The molecule has 1 aromatic carbocycles. The molecule has 0 spiro atoms. The van der Waals surface area contributed by atoms with Gasteiger partial charge in [0.1, 0.15) is 6.04 Å². The molecular weight excluding hydrogens is 354 g/mol. The Bertz CT molecular complexity index is 789. The van der Waals surface area contributed by atoms with Crippen molar-refractivity contribution in [3.63, 3.8) is 0 Å². The molecule has 1 aromatic heterocycles. The molecule has 1 aliphatic rings. The lowest BCUT2D eigenvalue weighted by atomic mass is 10.2. The van der Waals surface area contributed by atoms with Crippen LogP contribution in [0.2, 0.25) is 5.02 Å². The number of esters is 1. The number of β-amino-alcohol motifs (C(OH)–C–C–N with tert-alkyl or cyclic N) is 1. The third kappa shape index (κ3) is 3.51. The Hall–Kier alpha value is -1.74. The van der Waals surface area contributed by atoms with Gasteiger partial charge >= 0.3 is 5.97 Å². The van der Waals surface area contributed by atoms with E-state index < -0.39 is 12.1 Å². The number of hydrogen-bond donors (Lipinski definition) is 1. The van der Waals surface area contributed by atoms with Gasteiger partial charge < -0.3 is 14.3 Å². The highest BCUT2D eigenvalue weighted by Gasteiger charge is 2.37. The Morgan fingerprint density at radius 3 is 2.88 bits per heavy atom. The van der Waals surface area contributed by atoms with Gasteiger partial charge in [0.05, 0.1) is 19.9 Å². The normalized spacial score (nSPS) is 21.1. The van der Waals surface area contributed by atoms with Crippen molar-refractivity contribution in [3.05, 3.63) is 34.1 Å². The fraction of sp³-hybridized carbons (Fsp3) is 0.400. The molecule has 24 heavy (non-hydrogen) atoms. The first-order valence-electron chi connectivity index (χ1n) is 7.31. The number of benzene rings is 1. The van der Waals surface area contributed by atoms with Crippen molar-refractivity contribution in [2.45, 2.75) is 25.2 Å². The lowest BCUT2D eigenvalue weighted by Gasteiger charge is -2.21. The van der Waals surface area contributed by atoms with Gasteiger partial charge in [0.15, 0.2) is 0 Å². The molecule has 0 radical (unpaired) electrons. The molecule has 1 fully saturated rings. The second kappa shape index (κ2) is 7.02. The van der Waals surface area contributed by atoms with Gasteiger partial charge in [-0.15, -0.1) is 5.10 Å². The highest BCUT2D eigenvalue weighted by molar-refractivity contribution is 7.71. The highest BCUT2D eigenvalue weighted by Crippen LogP contribution is 2.23. The number of nitrogens with zero attached hydrogens (tertiary/aromatic N) is 3. The van der Waals surface area contributed by atoms with E-state index >= 15 is 0 Å². The van der Waals surface area contributed by atoms with Crippen molar-refractivity contribution < 1.29 is 19.1 Å². The van der Waals surface area contributed by atoms with Crippen LogP contribution in [0, 0.1) is 4.84 Å². The van der Waals surface area contributed by atoms with Crippen molar-refractivity contribution >= 4 is 29.8 Å². The van der Waals surface area contributed by atoms with E-state index in [0.29, 0.717) is 23.9 Å². The van der Waals surface area contributed by atoms with E-state index in [1.54, 1.807) is 29.2 Å². The second-order valence-electron chi connectivity index (χ2n) is 5.52. The van der Waals surface area contributed by atoms with Gasteiger partial charge in [-0.1, -0.05) is 11.6 Å². The summed E-state index contributed by atoms with van der Waals surface area (Å²) in [6.07, 6.45) is -0.270. The molecule has 1 saturated heterocycles. The predicted octanol–water partition coefficient (Wildman–Crippen LogP) is 2.09. The first-order chi connectivity index (χ1) is 11.5. The number of halogens is 1. The van der Waals surface area contributed by atoms with Crippen LogP contribution in [0.5, 0.6) is 0 Å². The number of aliphatic hydroxyl groups excluding tert-OH is 1. The van der Waals surface area contributed by atoms with Gasteiger partial charge in [-0.25, -0.2) is 4.68 Å². The van der Waals surface area contributed by atoms with Crippen LogP contribution in [0.1, 0.15) is 6.42 Å². The minimum absolute atomic E-state index is 0.185. The average Bonchev–Trinajstić information content (AvgIpc) is 3.11. The highest BCUT2D eigenvalue weighted by atomic mass is 35.5. The quantitative estimate of drug-likeness (QED) is 0.652. The zero-order valence-electron chi connectivity index (χ0n) is 12.9. The van der Waals surface area contributed by atoms with Gasteiger partial charge in [0, 0.05) is 23.6 Å². The Kier molecular flexibility index (Phi) is 5.00. The van der Waals surface area contributed by atoms with Crippen molar-refractivity contribution in [2.75, 3.05) is 13.7 Å². The minimum Gasteiger partial charge on any atom is -0.468 e. The van der Waals surface area contributed by atoms with Gasteiger partial charge in [0.25, 0.3) is 4.84 Å². The Morgan fingerprint density at radius 1 is 1.50 bits per heavy atom. The fourth-order valence-corrected chi connectivity index (χ4v) is 3.00. The zero-order chi connectivity index (χ0) is 17.3. The van der Waals surface area contributed by atoms with Crippen molar-refractivity contribution in [2.24, 2.45) is 0 Å². The van der Waals surface area contributed by atoms with E-state index in [4.69, 9.17) is 33.0 Å². The molecule has 2 heterocycles. The second-order valence-corrected chi connectivity index (χ2v) is 6.31. The van der Waals surface area contributed by atoms with Crippen LogP contribution in [-0.2, 0) is 16.2 Å². The summed E-state index contributed by atoms with van der Waals surface area (Å²) in [5, 5.41) is 14.8. The molecule has 7 nitrogen and oxygen atoms in total. The van der Waals surface area contributed by atoms with Crippen LogP contribution in [0.3, 0.4) is 0 Å². The van der Waals surface area contributed by atoms with Crippen LogP contribution in [0.4, 0.5) is 0 Å². The van der Waals surface area contributed by atoms with Crippen molar-refractivity contribution in [3.8, 4) is 11.5 Å². The number of likely N-dealkylation sites (tertiary alicyclic amines) is 1. The van der Waals surface area contributed by atoms with Crippen LogP contribution in [0.25, 0.3) is 11.5 Å². The van der Waals surface area contributed by atoms with Crippen LogP contribution in [0.15, 0.2) is 28.7 Å². The molecule has 0 aliphatic carbocycles. The number of ether oxygens (including phenoxy) is 1. The fourth-order valence-electron chi connectivity index (χ4n) is 2.69. The first kappa shape index (κ1) is 17.1. The summed E-state index contributed by atoms with van der Waals surface area (Å²) < 4.78 is 11.8. The van der Waals surface area contributed by atoms with Crippen LogP contribution in [-0.4, -0.2) is 51.6 Å². The number of methoxy groups -OCH3 is 1. The van der Waals surface area contributed by atoms with E-state index in [-0.39, 0.29) is 17.5 Å². The maximum Gasteiger partial charge on any atom is 0.323 e. The molecule has 2 atom stereocenters. The summed E-state index contributed by atoms with van der Waals surface area (Å²) in [5.41, 5.74) is 0.746. The Balaban J connectivity index is 1.81. The topological polar surface area (TPSA) is 80.7 Å². The number of aliphatic hydroxyl groups is 1. The maximum absolute atomic E-state index is 11.8. The summed E-state index contributed by atoms with van der Waals surface area (Å²) in [4.78, 5) is 13.8. The largest absolute Gasteiger partial charge is 0.468 e. The lowest BCUT2D eigenvalue weighted by Crippen LogP contribution is -2.38. The zero-order valence-corrected chi connectivity index (χ0v) is 14.5. The molecular formula is C15H16ClN3O4S. The first-order valence-corrected chi connectivity index (χ1v) is 8.10. The molecule has 9 heteroatoms. The SMILES string of the molecule is COC(=O)[C@@H]1C[C@H](O)CN1Cn1nc(-c2ccc(Cl)cc2)oc1=S. The van der Waals surface area contributed by atoms with E-state index in [2.05, 4.69) is 5.10 Å². The number of rotatable bonds is 4. The van der Waals surface area contributed by atoms with E-state index in [1.165, 1.54) is 11.8 Å². The molecule has 0 saturated carbocycles. The molecule has 1 N–H and O–H groups in total. The number of carbonyl (C=O) groups excluding carboxylic acids is 1. The molecule has 128 valence electrons. The number of hydrogen-bond acceptors (Lipinski definition) is 7. The molecule has 2 aromatic rings.